The van der Waals surface area contributed by atoms with Crippen LogP contribution in [0.1, 0.15) is 49.2 Å². The molecule has 0 bridgehead atoms. The standard InChI is InChI=1S/C18H31N3O2/c1-14-11-16(15(2)23-14)12-20-17(19-3)21-13-18(9-10-22-4)7-5-6-8-18/h11H,5-10,12-13H2,1-4H3,(H2,19,20,21). The number of aliphatic imine (C=N–C) groups is 1. The van der Waals surface area contributed by atoms with Gasteiger partial charge < -0.3 is 19.8 Å². The molecule has 1 aliphatic rings. The van der Waals surface area contributed by atoms with Crippen molar-refractivity contribution in [1.29, 1.82) is 0 Å². The molecular formula is C18H31N3O2. The maximum atomic E-state index is 5.57. The van der Waals surface area contributed by atoms with Crippen LogP contribution in [0, 0.1) is 19.3 Å². The summed E-state index contributed by atoms with van der Waals surface area (Å²) in [7, 11) is 3.60. The molecule has 0 amide bonds. The summed E-state index contributed by atoms with van der Waals surface area (Å²) in [4.78, 5) is 4.34. The Morgan fingerprint density at radius 1 is 1.30 bits per heavy atom. The molecule has 1 fully saturated rings. The second-order valence-electron chi connectivity index (χ2n) is 6.67. The fraction of sp³-hybridized carbons (Fsp3) is 0.722. The van der Waals surface area contributed by atoms with E-state index in [0.717, 1.165) is 43.6 Å². The third-order valence-corrected chi connectivity index (χ3v) is 4.95. The number of ether oxygens (including phenoxy) is 1. The summed E-state index contributed by atoms with van der Waals surface area (Å²) >= 11 is 0. The fourth-order valence-corrected chi connectivity index (χ4v) is 3.49. The number of furan rings is 1. The van der Waals surface area contributed by atoms with Gasteiger partial charge in [0.2, 0.25) is 0 Å². The number of hydrogen-bond donors (Lipinski definition) is 2. The maximum absolute atomic E-state index is 5.57. The van der Waals surface area contributed by atoms with Crippen molar-refractivity contribution in [1.82, 2.24) is 10.6 Å². The van der Waals surface area contributed by atoms with Crippen molar-refractivity contribution in [3.63, 3.8) is 0 Å². The molecule has 2 N–H and O–H groups in total. The van der Waals surface area contributed by atoms with E-state index in [1.54, 1.807) is 7.11 Å². The lowest BCUT2D eigenvalue weighted by atomic mass is 9.83. The van der Waals surface area contributed by atoms with Crippen LogP contribution in [0.25, 0.3) is 0 Å². The lowest BCUT2D eigenvalue weighted by molar-refractivity contribution is 0.138. The summed E-state index contributed by atoms with van der Waals surface area (Å²) in [6.07, 6.45) is 6.32. The van der Waals surface area contributed by atoms with Crippen LogP contribution in [0.3, 0.4) is 0 Å². The number of rotatable bonds is 7. The van der Waals surface area contributed by atoms with Crippen LogP contribution in [0.2, 0.25) is 0 Å². The average Bonchev–Trinajstić information content (AvgIpc) is 3.13. The van der Waals surface area contributed by atoms with E-state index in [9.17, 15) is 0 Å². The Balaban J connectivity index is 1.85. The number of guanidine groups is 1. The van der Waals surface area contributed by atoms with E-state index in [-0.39, 0.29) is 0 Å². The average molecular weight is 321 g/mol. The Kier molecular flexibility index (Phi) is 6.51. The molecule has 1 heterocycles. The van der Waals surface area contributed by atoms with Gasteiger partial charge in [0.15, 0.2) is 5.96 Å². The minimum atomic E-state index is 0.357. The summed E-state index contributed by atoms with van der Waals surface area (Å²) in [5.74, 6) is 2.77. The van der Waals surface area contributed by atoms with Gasteiger partial charge in [-0.05, 0) is 44.6 Å². The molecule has 0 saturated heterocycles. The Morgan fingerprint density at radius 2 is 2.04 bits per heavy atom. The molecule has 23 heavy (non-hydrogen) atoms. The minimum Gasteiger partial charge on any atom is -0.466 e. The van der Waals surface area contributed by atoms with Gasteiger partial charge in [-0.1, -0.05) is 12.8 Å². The topological polar surface area (TPSA) is 58.8 Å². The van der Waals surface area contributed by atoms with Gasteiger partial charge in [0.1, 0.15) is 11.5 Å². The van der Waals surface area contributed by atoms with Crippen molar-refractivity contribution >= 4 is 5.96 Å². The Labute approximate surface area is 139 Å². The zero-order valence-corrected chi connectivity index (χ0v) is 15.0. The zero-order valence-electron chi connectivity index (χ0n) is 15.0. The molecule has 1 aromatic heterocycles. The molecule has 1 aromatic rings. The second-order valence-corrected chi connectivity index (χ2v) is 6.67. The van der Waals surface area contributed by atoms with Crippen molar-refractivity contribution in [2.45, 2.75) is 52.5 Å². The van der Waals surface area contributed by atoms with Crippen molar-refractivity contribution in [2.75, 3.05) is 27.3 Å². The van der Waals surface area contributed by atoms with Gasteiger partial charge >= 0.3 is 0 Å². The van der Waals surface area contributed by atoms with E-state index in [1.165, 1.54) is 31.2 Å². The quantitative estimate of drug-likeness (QED) is 0.598. The Morgan fingerprint density at radius 3 is 2.61 bits per heavy atom. The lowest BCUT2D eigenvalue weighted by Gasteiger charge is -2.29. The summed E-state index contributed by atoms with van der Waals surface area (Å²) in [6, 6.07) is 2.08. The van der Waals surface area contributed by atoms with Crippen LogP contribution in [0.4, 0.5) is 0 Å². The predicted octanol–water partition coefficient (Wildman–Crippen LogP) is 3.16. The molecule has 1 saturated carbocycles. The van der Waals surface area contributed by atoms with Crippen LogP contribution in [-0.2, 0) is 11.3 Å². The normalized spacial score (nSPS) is 17.5. The Bertz CT molecular complexity index is 516. The highest BCUT2D eigenvalue weighted by atomic mass is 16.5. The van der Waals surface area contributed by atoms with Gasteiger partial charge in [-0.15, -0.1) is 0 Å². The van der Waals surface area contributed by atoms with Gasteiger partial charge in [-0.25, -0.2) is 0 Å². The number of methoxy groups -OCH3 is 1. The molecule has 0 spiro atoms. The summed E-state index contributed by atoms with van der Waals surface area (Å²) in [6.45, 7) is 6.50. The first-order valence-corrected chi connectivity index (χ1v) is 8.58. The monoisotopic (exact) mass is 321 g/mol. The van der Waals surface area contributed by atoms with E-state index in [2.05, 4.69) is 21.7 Å². The van der Waals surface area contributed by atoms with Crippen molar-refractivity contribution < 1.29 is 9.15 Å². The largest absolute Gasteiger partial charge is 0.466 e. The molecule has 1 aliphatic carbocycles. The van der Waals surface area contributed by atoms with Crippen LogP contribution in [0.15, 0.2) is 15.5 Å². The first-order chi connectivity index (χ1) is 11.1. The number of hydrogen-bond acceptors (Lipinski definition) is 3. The molecule has 130 valence electrons. The van der Waals surface area contributed by atoms with Gasteiger partial charge in [-0.2, -0.15) is 0 Å². The molecule has 0 radical (unpaired) electrons. The molecular weight excluding hydrogens is 290 g/mol. The number of nitrogens with zero attached hydrogens (tertiary/aromatic N) is 1. The van der Waals surface area contributed by atoms with E-state index in [1.807, 2.05) is 20.9 Å². The smallest absolute Gasteiger partial charge is 0.191 e. The SMILES string of the molecule is CN=C(NCc1cc(C)oc1C)NCC1(CCOC)CCCC1. The van der Waals surface area contributed by atoms with Crippen molar-refractivity contribution in [2.24, 2.45) is 10.4 Å². The predicted molar refractivity (Wildman–Crippen MR) is 93.8 cm³/mol. The first kappa shape index (κ1) is 17.9. The molecule has 0 aromatic carbocycles. The van der Waals surface area contributed by atoms with Crippen LogP contribution in [0.5, 0.6) is 0 Å². The highest BCUT2D eigenvalue weighted by molar-refractivity contribution is 5.79. The lowest BCUT2D eigenvalue weighted by Crippen LogP contribution is -2.43. The van der Waals surface area contributed by atoms with Gasteiger partial charge in [0, 0.05) is 39.4 Å². The highest BCUT2D eigenvalue weighted by Crippen LogP contribution is 2.40. The van der Waals surface area contributed by atoms with Crippen LogP contribution in [-0.4, -0.2) is 33.3 Å². The zero-order chi connectivity index (χ0) is 16.7. The van der Waals surface area contributed by atoms with E-state index in [0.29, 0.717) is 5.41 Å². The maximum Gasteiger partial charge on any atom is 0.191 e. The Hall–Kier alpha value is -1.49. The van der Waals surface area contributed by atoms with E-state index in [4.69, 9.17) is 9.15 Å². The fourth-order valence-electron chi connectivity index (χ4n) is 3.49. The molecule has 2 rings (SSSR count). The van der Waals surface area contributed by atoms with Crippen LogP contribution < -0.4 is 10.6 Å². The number of nitrogens with one attached hydrogen (secondary N) is 2. The third kappa shape index (κ3) is 4.99. The van der Waals surface area contributed by atoms with E-state index >= 15 is 0 Å². The van der Waals surface area contributed by atoms with Crippen LogP contribution >= 0.6 is 0 Å². The highest BCUT2D eigenvalue weighted by Gasteiger charge is 2.33. The van der Waals surface area contributed by atoms with Gasteiger partial charge in [0.05, 0.1) is 0 Å². The summed E-state index contributed by atoms with van der Waals surface area (Å²) < 4.78 is 10.9. The summed E-state index contributed by atoms with van der Waals surface area (Å²) in [5, 5.41) is 6.90. The first-order valence-electron chi connectivity index (χ1n) is 8.58. The van der Waals surface area contributed by atoms with E-state index < -0.39 is 0 Å². The second kappa shape index (κ2) is 8.39. The molecule has 0 unspecified atom stereocenters. The van der Waals surface area contributed by atoms with Gasteiger partial charge in [0.25, 0.3) is 0 Å². The van der Waals surface area contributed by atoms with Crippen molar-refractivity contribution in [3.05, 3.63) is 23.2 Å². The number of aryl methyl sites for hydroxylation is 2. The van der Waals surface area contributed by atoms with Gasteiger partial charge in [-0.3, -0.25) is 4.99 Å². The van der Waals surface area contributed by atoms with Crippen molar-refractivity contribution in [3.8, 4) is 0 Å². The molecule has 5 nitrogen and oxygen atoms in total. The molecule has 0 aliphatic heterocycles. The molecule has 0 atom stereocenters. The third-order valence-electron chi connectivity index (χ3n) is 4.95. The molecule has 5 heteroatoms. The summed E-state index contributed by atoms with van der Waals surface area (Å²) in [5.41, 5.74) is 1.54. The minimum absolute atomic E-state index is 0.357.